The quantitative estimate of drug-likeness (QED) is 0.853. The molecule has 1 N–H and O–H groups in total. The molecule has 0 spiro atoms. The summed E-state index contributed by atoms with van der Waals surface area (Å²) >= 11 is 3.41. The highest BCUT2D eigenvalue weighted by atomic mass is 79.9. The zero-order chi connectivity index (χ0) is 15.2. The predicted octanol–water partition coefficient (Wildman–Crippen LogP) is 3.24. The molecule has 0 aromatic heterocycles. The SMILES string of the molecule is O=C(O)CN(C(=O)CCc1cccc(Br)c1)C1CCCC1. The molecule has 5 heteroatoms. The van der Waals surface area contributed by atoms with Gasteiger partial charge in [0.1, 0.15) is 6.54 Å². The van der Waals surface area contributed by atoms with Crippen LogP contribution < -0.4 is 0 Å². The van der Waals surface area contributed by atoms with Crippen LogP contribution in [0.4, 0.5) is 0 Å². The second-order valence-corrected chi connectivity index (χ2v) is 6.40. The van der Waals surface area contributed by atoms with E-state index in [4.69, 9.17) is 5.11 Å². The zero-order valence-corrected chi connectivity index (χ0v) is 13.5. The standard InChI is InChI=1S/C16H20BrNO3/c17-13-5-3-4-12(10-13)8-9-15(19)18(11-16(20)21)14-6-1-2-7-14/h3-5,10,14H,1-2,6-9,11H2,(H,20,21). The molecular weight excluding hydrogens is 334 g/mol. The Morgan fingerprint density at radius 2 is 2.00 bits per heavy atom. The Bertz CT molecular complexity index is 512. The van der Waals surface area contributed by atoms with Crippen LogP contribution in [0.15, 0.2) is 28.7 Å². The summed E-state index contributed by atoms with van der Waals surface area (Å²) < 4.78 is 0.991. The van der Waals surface area contributed by atoms with Gasteiger partial charge in [-0.05, 0) is 37.0 Å². The highest BCUT2D eigenvalue weighted by Gasteiger charge is 2.27. The molecule has 0 unspecified atom stereocenters. The molecule has 114 valence electrons. The number of aliphatic carboxylic acids is 1. The van der Waals surface area contributed by atoms with E-state index in [0.29, 0.717) is 12.8 Å². The maximum atomic E-state index is 12.4. The first-order valence-corrected chi connectivity index (χ1v) is 8.11. The first-order chi connectivity index (χ1) is 10.1. The van der Waals surface area contributed by atoms with Crippen LogP contribution in [0.2, 0.25) is 0 Å². The lowest BCUT2D eigenvalue weighted by Crippen LogP contribution is -2.42. The zero-order valence-electron chi connectivity index (χ0n) is 11.9. The van der Waals surface area contributed by atoms with Crippen LogP contribution in [0.3, 0.4) is 0 Å². The average Bonchev–Trinajstić information content (AvgIpc) is 2.96. The number of halogens is 1. The normalized spacial score (nSPS) is 15.1. The van der Waals surface area contributed by atoms with Gasteiger partial charge in [-0.1, -0.05) is 40.9 Å². The summed E-state index contributed by atoms with van der Waals surface area (Å²) in [6.07, 6.45) is 5.02. The van der Waals surface area contributed by atoms with Crippen molar-refractivity contribution in [2.24, 2.45) is 0 Å². The topological polar surface area (TPSA) is 57.6 Å². The molecule has 0 saturated heterocycles. The van der Waals surface area contributed by atoms with E-state index in [9.17, 15) is 9.59 Å². The van der Waals surface area contributed by atoms with E-state index in [1.807, 2.05) is 24.3 Å². The van der Waals surface area contributed by atoms with E-state index >= 15 is 0 Å². The fraction of sp³-hybridized carbons (Fsp3) is 0.500. The number of benzene rings is 1. The van der Waals surface area contributed by atoms with Crippen molar-refractivity contribution in [2.45, 2.75) is 44.6 Å². The minimum atomic E-state index is -0.933. The molecule has 0 heterocycles. The van der Waals surface area contributed by atoms with Gasteiger partial charge in [0.05, 0.1) is 0 Å². The van der Waals surface area contributed by atoms with Gasteiger partial charge in [0.15, 0.2) is 0 Å². The lowest BCUT2D eigenvalue weighted by Gasteiger charge is -2.27. The predicted molar refractivity (Wildman–Crippen MR) is 84.1 cm³/mol. The first-order valence-electron chi connectivity index (χ1n) is 7.32. The Kier molecular flexibility index (Phi) is 5.79. The number of aryl methyl sites for hydroxylation is 1. The Labute approximate surface area is 133 Å². The number of carboxylic acid groups (broad SMARTS) is 1. The number of carbonyl (C=O) groups is 2. The maximum Gasteiger partial charge on any atom is 0.323 e. The molecule has 0 bridgehead atoms. The van der Waals surface area contributed by atoms with Gasteiger partial charge in [0.2, 0.25) is 5.91 Å². The van der Waals surface area contributed by atoms with Crippen molar-refractivity contribution >= 4 is 27.8 Å². The summed E-state index contributed by atoms with van der Waals surface area (Å²) in [5.41, 5.74) is 1.08. The van der Waals surface area contributed by atoms with Gasteiger partial charge >= 0.3 is 5.97 Å². The Morgan fingerprint density at radius 1 is 1.29 bits per heavy atom. The van der Waals surface area contributed by atoms with Gasteiger partial charge in [-0.3, -0.25) is 9.59 Å². The van der Waals surface area contributed by atoms with Crippen LogP contribution in [0, 0.1) is 0 Å². The third-order valence-electron chi connectivity index (χ3n) is 3.91. The van der Waals surface area contributed by atoms with E-state index < -0.39 is 5.97 Å². The summed E-state index contributed by atoms with van der Waals surface area (Å²) in [4.78, 5) is 24.9. The highest BCUT2D eigenvalue weighted by Crippen LogP contribution is 2.24. The molecule has 1 aromatic rings. The minimum Gasteiger partial charge on any atom is -0.480 e. The molecule has 1 fully saturated rings. The van der Waals surface area contributed by atoms with E-state index in [0.717, 1.165) is 35.7 Å². The summed E-state index contributed by atoms with van der Waals surface area (Å²) in [6.45, 7) is -0.179. The highest BCUT2D eigenvalue weighted by molar-refractivity contribution is 9.10. The lowest BCUT2D eigenvalue weighted by molar-refractivity contribution is -0.146. The molecule has 21 heavy (non-hydrogen) atoms. The molecule has 1 amide bonds. The second kappa shape index (κ2) is 7.59. The van der Waals surface area contributed by atoms with Crippen LogP contribution >= 0.6 is 15.9 Å². The second-order valence-electron chi connectivity index (χ2n) is 5.48. The van der Waals surface area contributed by atoms with Crippen molar-refractivity contribution in [2.75, 3.05) is 6.54 Å². The van der Waals surface area contributed by atoms with Gasteiger partial charge in [-0.15, -0.1) is 0 Å². The monoisotopic (exact) mass is 353 g/mol. The van der Waals surface area contributed by atoms with Gasteiger partial charge in [-0.25, -0.2) is 0 Å². The van der Waals surface area contributed by atoms with E-state index in [1.165, 1.54) is 0 Å². The number of carboxylic acids is 1. The number of nitrogens with zero attached hydrogens (tertiary/aromatic N) is 1. The lowest BCUT2D eigenvalue weighted by atomic mass is 10.1. The number of rotatable bonds is 6. The number of carbonyl (C=O) groups excluding carboxylic acids is 1. The van der Waals surface area contributed by atoms with Crippen LogP contribution in [0.5, 0.6) is 0 Å². The van der Waals surface area contributed by atoms with Crippen molar-refractivity contribution in [3.63, 3.8) is 0 Å². The van der Waals surface area contributed by atoms with E-state index in [-0.39, 0.29) is 18.5 Å². The molecule has 1 aromatic carbocycles. The van der Waals surface area contributed by atoms with Crippen LogP contribution in [0.1, 0.15) is 37.7 Å². The third kappa shape index (κ3) is 4.84. The van der Waals surface area contributed by atoms with Gasteiger partial charge in [0, 0.05) is 16.9 Å². The molecule has 0 aliphatic heterocycles. The van der Waals surface area contributed by atoms with Crippen molar-refractivity contribution in [3.8, 4) is 0 Å². The van der Waals surface area contributed by atoms with Gasteiger partial charge in [0.25, 0.3) is 0 Å². The third-order valence-corrected chi connectivity index (χ3v) is 4.40. The first kappa shape index (κ1) is 16.0. The Hall–Kier alpha value is -1.36. The van der Waals surface area contributed by atoms with Crippen LogP contribution in [-0.2, 0) is 16.0 Å². The summed E-state index contributed by atoms with van der Waals surface area (Å²) in [7, 11) is 0. The molecule has 0 atom stereocenters. The fourth-order valence-electron chi connectivity index (χ4n) is 2.87. The van der Waals surface area contributed by atoms with E-state index in [1.54, 1.807) is 4.90 Å². The molecule has 1 saturated carbocycles. The number of hydrogen-bond donors (Lipinski definition) is 1. The van der Waals surface area contributed by atoms with Crippen molar-refractivity contribution in [1.29, 1.82) is 0 Å². The molecule has 2 rings (SSSR count). The van der Waals surface area contributed by atoms with Crippen LogP contribution in [0.25, 0.3) is 0 Å². The van der Waals surface area contributed by atoms with Gasteiger partial charge in [-0.2, -0.15) is 0 Å². The molecular formula is C16H20BrNO3. The number of hydrogen-bond acceptors (Lipinski definition) is 2. The molecule has 4 nitrogen and oxygen atoms in total. The van der Waals surface area contributed by atoms with Crippen molar-refractivity contribution < 1.29 is 14.7 Å². The van der Waals surface area contributed by atoms with Crippen molar-refractivity contribution in [3.05, 3.63) is 34.3 Å². The molecule has 1 aliphatic carbocycles. The summed E-state index contributed by atoms with van der Waals surface area (Å²) in [5, 5.41) is 9.01. The molecule has 1 aliphatic rings. The van der Waals surface area contributed by atoms with Crippen molar-refractivity contribution in [1.82, 2.24) is 4.90 Å². The Morgan fingerprint density at radius 3 is 2.62 bits per heavy atom. The summed E-state index contributed by atoms with van der Waals surface area (Å²) in [6, 6.07) is 7.96. The largest absolute Gasteiger partial charge is 0.480 e. The minimum absolute atomic E-state index is 0.0516. The summed E-state index contributed by atoms with van der Waals surface area (Å²) in [5.74, 6) is -0.984. The maximum absolute atomic E-state index is 12.4. The van der Waals surface area contributed by atoms with Gasteiger partial charge < -0.3 is 10.0 Å². The average molecular weight is 354 g/mol. The fourth-order valence-corrected chi connectivity index (χ4v) is 3.32. The smallest absolute Gasteiger partial charge is 0.323 e. The van der Waals surface area contributed by atoms with Crippen LogP contribution in [-0.4, -0.2) is 34.5 Å². The Balaban J connectivity index is 1.95. The number of amides is 1. The molecule has 0 radical (unpaired) electrons. The van der Waals surface area contributed by atoms with E-state index in [2.05, 4.69) is 15.9 Å².